The highest BCUT2D eigenvalue weighted by Crippen LogP contribution is 2.21. The normalized spacial score (nSPS) is 10.4. The minimum Gasteiger partial charge on any atom is -0.275 e. The molecule has 0 spiro atoms. The number of nitrogens with zero attached hydrogens (tertiary/aromatic N) is 3. The predicted octanol–water partition coefficient (Wildman–Crippen LogP) is 2.19. The minimum absolute atomic E-state index is 0.771. The topological polar surface area (TPSA) is 54.5 Å². The maximum absolute atomic E-state index is 4.37. The summed E-state index contributed by atoms with van der Waals surface area (Å²) in [6, 6.07) is 1.87. The largest absolute Gasteiger partial charge is 0.275 e. The Labute approximate surface area is 99.1 Å². The van der Waals surface area contributed by atoms with Crippen LogP contribution in [0.25, 0.3) is 11.4 Å². The van der Waals surface area contributed by atoms with Gasteiger partial charge < -0.3 is 0 Å². The van der Waals surface area contributed by atoms with Crippen molar-refractivity contribution in [3.8, 4) is 11.4 Å². The van der Waals surface area contributed by atoms with Crippen LogP contribution in [-0.4, -0.2) is 26.4 Å². The molecule has 0 aliphatic carbocycles. The summed E-state index contributed by atoms with van der Waals surface area (Å²) in [7, 11) is 0. The summed E-state index contributed by atoms with van der Waals surface area (Å²) >= 11 is 3.75. The highest BCUT2D eigenvalue weighted by atomic mass is 127. The lowest BCUT2D eigenvalue weighted by Crippen LogP contribution is -1.90. The SMILES string of the molecule is CSc1nccc(-c2[nH]ncc2I)n1. The molecule has 2 aromatic rings. The molecule has 1 N–H and O–H groups in total. The summed E-state index contributed by atoms with van der Waals surface area (Å²) in [6.45, 7) is 0. The number of hydrogen-bond donors (Lipinski definition) is 1. The fraction of sp³-hybridized carbons (Fsp3) is 0.125. The third-order valence-corrected chi connectivity index (χ3v) is 3.05. The molecule has 2 heterocycles. The molecule has 0 amide bonds. The molecule has 0 saturated carbocycles. The Hall–Kier alpha value is -0.630. The maximum atomic E-state index is 4.37. The minimum atomic E-state index is 0.771. The lowest BCUT2D eigenvalue weighted by molar-refractivity contribution is 0.966. The van der Waals surface area contributed by atoms with Crippen molar-refractivity contribution in [1.82, 2.24) is 20.2 Å². The van der Waals surface area contributed by atoms with E-state index in [2.05, 4.69) is 42.8 Å². The molecule has 0 unspecified atom stereocenters. The summed E-state index contributed by atoms with van der Waals surface area (Å²) in [6.07, 6.45) is 5.49. The number of hydrogen-bond acceptors (Lipinski definition) is 4. The van der Waals surface area contributed by atoms with Gasteiger partial charge in [0.05, 0.1) is 21.2 Å². The molecule has 0 aliphatic heterocycles. The third-order valence-electron chi connectivity index (χ3n) is 1.67. The van der Waals surface area contributed by atoms with Gasteiger partial charge in [0.1, 0.15) is 0 Å². The zero-order valence-electron chi connectivity index (χ0n) is 7.36. The second-order valence-corrected chi connectivity index (χ2v) is 4.46. The van der Waals surface area contributed by atoms with Crippen LogP contribution >= 0.6 is 34.4 Å². The van der Waals surface area contributed by atoms with Crippen LogP contribution in [0.1, 0.15) is 0 Å². The lowest BCUT2D eigenvalue weighted by Gasteiger charge is -1.99. The zero-order chi connectivity index (χ0) is 9.97. The first kappa shape index (κ1) is 9.91. The molecule has 72 valence electrons. The monoisotopic (exact) mass is 318 g/mol. The molecule has 2 aromatic heterocycles. The van der Waals surface area contributed by atoms with Crippen LogP contribution < -0.4 is 0 Å². The second-order valence-electron chi connectivity index (χ2n) is 2.52. The molecule has 4 nitrogen and oxygen atoms in total. The van der Waals surface area contributed by atoms with E-state index in [1.165, 1.54) is 11.8 Å². The van der Waals surface area contributed by atoms with Gasteiger partial charge in [-0.3, -0.25) is 5.10 Å². The van der Waals surface area contributed by atoms with Crippen LogP contribution in [0.3, 0.4) is 0 Å². The summed E-state index contributed by atoms with van der Waals surface area (Å²) in [4.78, 5) is 8.48. The van der Waals surface area contributed by atoms with Crippen molar-refractivity contribution in [2.45, 2.75) is 5.16 Å². The van der Waals surface area contributed by atoms with E-state index in [4.69, 9.17) is 0 Å². The highest BCUT2D eigenvalue weighted by Gasteiger charge is 2.06. The number of nitrogens with one attached hydrogen (secondary N) is 1. The number of H-pyrrole nitrogens is 1. The Morgan fingerprint density at radius 2 is 2.36 bits per heavy atom. The van der Waals surface area contributed by atoms with Gasteiger partial charge in [0.2, 0.25) is 0 Å². The molecule has 2 rings (SSSR count). The smallest absolute Gasteiger partial charge is 0.187 e. The van der Waals surface area contributed by atoms with Gasteiger partial charge in [-0.1, -0.05) is 11.8 Å². The van der Waals surface area contributed by atoms with E-state index < -0.39 is 0 Å². The van der Waals surface area contributed by atoms with Crippen molar-refractivity contribution in [2.75, 3.05) is 6.26 Å². The van der Waals surface area contributed by atoms with E-state index in [-0.39, 0.29) is 0 Å². The van der Waals surface area contributed by atoms with Crippen molar-refractivity contribution < 1.29 is 0 Å². The maximum Gasteiger partial charge on any atom is 0.187 e. The summed E-state index contributed by atoms with van der Waals surface area (Å²) in [5.74, 6) is 0. The lowest BCUT2D eigenvalue weighted by atomic mass is 10.3. The molecule has 0 atom stereocenters. The van der Waals surface area contributed by atoms with E-state index in [0.717, 1.165) is 20.1 Å². The molecule has 0 saturated heterocycles. The van der Waals surface area contributed by atoms with Crippen LogP contribution in [-0.2, 0) is 0 Å². The Balaban J connectivity index is 2.47. The molecular formula is C8H7IN4S. The fourth-order valence-electron chi connectivity index (χ4n) is 1.03. The molecule has 6 heteroatoms. The number of halogens is 1. The van der Waals surface area contributed by atoms with Crippen molar-refractivity contribution in [3.63, 3.8) is 0 Å². The Bertz CT molecular complexity index is 442. The summed E-state index contributed by atoms with van der Waals surface area (Å²) < 4.78 is 1.06. The van der Waals surface area contributed by atoms with E-state index in [0.29, 0.717) is 0 Å². The average molecular weight is 318 g/mol. The Morgan fingerprint density at radius 1 is 1.50 bits per heavy atom. The Morgan fingerprint density at radius 3 is 3.00 bits per heavy atom. The summed E-state index contributed by atoms with van der Waals surface area (Å²) in [5, 5.41) is 7.64. The average Bonchev–Trinajstić information content (AvgIpc) is 2.65. The van der Waals surface area contributed by atoms with Crippen LogP contribution in [0.2, 0.25) is 0 Å². The number of aromatic nitrogens is 4. The fourth-order valence-corrected chi connectivity index (χ4v) is 1.92. The van der Waals surface area contributed by atoms with Crippen molar-refractivity contribution in [2.24, 2.45) is 0 Å². The number of aromatic amines is 1. The van der Waals surface area contributed by atoms with Crippen molar-refractivity contribution in [1.29, 1.82) is 0 Å². The standard InChI is InChI=1S/C8H7IN4S/c1-14-8-10-3-2-6(12-8)7-5(9)4-11-13-7/h2-4H,1H3,(H,11,13). The molecule has 0 radical (unpaired) electrons. The van der Waals surface area contributed by atoms with Gasteiger partial charge in [0.25, 0.3) is 0 Å². The van der Waals surface area contributed by atoms with Gasteiger partial charge in [-0.05, 0) is 34.9 Å². The first-order valence-corrected chi connectivity index (χ1v) is 6.18. The molecule has 0 aromatic carbocycles. The summed E-state index contributed by atoms with van der Waals surface area (Å²) in [5.41, 5.74) is 1.83. The van der Waals surface area contributed by atoms with Gasteiger partial charge in [-0.2, -0.15) is 5.10 Å². The van der Waals surface area contributed by atoms with E-state index in [1.807, 2.05) is 12.3 Å². The third kappa shape index (κ3) is 1.90. The number of rotatable bonds is 2. The van der Waals surface area contributed by atoms with Gasteiger partial charge in [-0.15, -0.1) is 0 Å². The van der Waals surface area contributed by atoms with Crippen LogP contribution in [0.4, 0.5) is 0 Å². The molecule has 0 fully saturated rings. The molecular weight excluding hydrogens is 311 g/mol. The predicted molar refractivity (Wildman–Crippen MR) is 64.1 cm³/mol. The van der Waals surface area contributed by atoms with Crippen molar-refractivity contribution >= 4 is 34.4 Å². The van der Waals surface area contributed by atoms with E-state index in [9.17, 15) is 0 Å². The van der Waals surface area contributed by atoms with Gasteiger partial charge in [0, 0.05) is 6.20 Å². The molecule has 0 bridgehead atoms. The molecule has 0 aliphatic rings. The van der Waals surface area contributed by atoms with E-state index in [1.54, 1.807) is 12.4 Å². The van der Waals surface area contributed by atoms with Crippen molar-refractivity contribution in [3.05, 3.63) is 22.0 Å². The van der Waals surface area contributed by atoms with Gasteiger partial charge in [0.15, 0.2) is 5.16 Å². The first-order valence-electron chi connectivity index (χ1n) is 3.87. The van der Waals surface area contributed by atoms with Crippen LogP contribution in [0.15, 0.2) is 23.6 Å². The molecule has 14 heavy (non-hydrogen) atoms. The first-order chi connectivity index (χ1) is 6.81. The van der Waals surface area contributed by atoms with E-state index >= 15 is 0 Å². The zero-order valence-corrected chi connectivity index (χ0v) is 10.3. The van der Waals surface area contributed by atoms with Gasteiger partial charge >= 0.3 is 0 Å². The van der Waals surface area contributed by atoms with Crippen LogP contribution in [0.5, 0.6) is 0 Å². The van der Waals surface area contributed by atoms with Gasteiger partial charge in [-0.25, -0.2) is 9.97 Å². The Kier molecular flexibility index (Phi) is 3.02. The van der Waals surface area contributed by atoms with Crippen LogP contribution in [0, 0.1) is 3.57 Å². The highest BCUT2D eigenvalue weighted by molar-refractivity contribution is 14.1. The quantitative estimate of drug-likeness (QED) is 0.524. The second kappa shape index (κ2) is 4.26. The number of thioether (sulfide) groups is 1.